The van der Waals surface area contributed by atoms with Crippen LogP contribution < -0.4 is 11.6 Å². The van der Waals surface area contributed by atoms with Gasteiger partial charge in [-0.15, -0.1) is 0 Å². The molecule has 2 saturated carbocycles. The lowest BCUT2D eigenvalue weighted by Crippen LogP contribution is -2.31. The predicted octanol–water partition coefficient (Wildman–Crippen LogP) is 5.76. The summed E-state index contributed by atoms with van der Waals surface area (Å²) in [5, 5.41) is 14.6. The van der Waals surface area contributed by atoms with E-state index in [1.165, 1.54) is 0 Å². The van der Waals surface area contributed by atoms with Crippen molar-refractivity contribution in [3.63, 3.8) is 0 Å². The van der Waals surface area contributed by atoms with Crippen molar-refractivity contribution in [1.82, 2.24) is 14.6 Å². The van der Waals surface area contributed by atoms with Crippen molar-refractivity contribution >= 4 is 27.6 Å². The second-order valence-corrected chi connectivity index (χ2v) is 12.2. The third-order valence-corrected chi connectivity index (χ3v) is 9.01. The molecule has 3 fully saturated rings. The quantitative estimate of drug-likeness (QED) is 0.199. The lowest BCUT2D eigenvalue weighted by Gasteiger charge is -2.29. The molecule has 41 heavy (non-hydrogen) atoms. The number of rotatable bonds is 7. The Morgan fingerprint density at radius 2 is 1.59 bits per heavy atom. The minimum Gasteiger partial charge on any atom is -0.401 e. The first-order chi connectivity index (χ1) is 19.9. The highest BCUT2D eigenvalue weighted by molar-refractivity contribution is 6.06. The van der Waals surface area contributed by atoms with Crippen molar-refractivity contribution in [3.8, 4) is 0 Å². The van der Waals surface area contributed by atoms with E-state index in [0.717, 1.165) is 97.0 Å². The van der Waals surface area contributed by atoms with Gasteiger partial charge in [-0.25, -0.2) is 5.84 Å². The topological polar surface area (TPSA) is 103 Å². The molecule has 1 aliphatic heterocycles. The van der Waals surface area contributed by atoms with Gasteiger partial charge in [0.15, 0.2) is 0 Å². The number of allylic oxidation sites excluding steroid dienone is 1. The fraction of sp³-hybridized carbons (Fsp3) is 0.441. The minimum atomic E-state index is -0.693. The molecule has 0 amide bonds. The third kappa shape index (κ3) is 5.59. The van der Waals surface area contributed by atoms with E-state index in [0.29, 0.717) is 23.5 Å². The Kier molecular flexibility index (Phi) is 7.77. The number of nitrogens with zero attached hydrogens (tertiary/aromatic N) is 3. The molecule has 7 heteroatoms. The van der Waals surface area contributed by atoms with E-state index < -0.39 is 5.60 Å². The third-order valence-electron chi connectivity index (χ3n) is 9.01. The Bertz CT molecular complexity index is 1490. The molecule has 7 rings (SSSR count). The molecule has 2 aliphatic carbocycles. The maximum atomic E-state index is 11.9. The highest BCUT2D eigenvalue weighted by atomic mass is 16.5. The number of ether oxygens (including phenoxy) is 1. The lowest BCUT2D eigenvalue weighted by molar-refractivity contribution is -0.0101. The van der Waals surface area contributed by atoms with Crippen molar-refractivity contribution in [1.29, 1.82) is 0 Å². The molecule has 0 radical (unpaired) electrons. The first kappa shape index (κ1) is 27.8. The molecular formula is C34H43N5O2. The van der Waals surface area contributed by atoms with Gasteiger partial charge in [0.1, 0.15) is 0 Å². The molecule has 3 heterocycles. The lowest BCUT2D eigenvalue weighted by atomic mass is 9.84. The molecule has 0 bridgehead atoms. The van der Waals surface area contributed by atoms with E-state index in [1.54, 1.807) is 12.1 Å². The minimum absolute atomic E-state index is 0.394. The maximum absolute atomic E-state index is 11.9. The Hall–Kier alpha value is -3.39. The normalized spacial score (nSPS) is 18.6. The Morgan fingerprint density at radius 3 is 2.12 bits per heavy atom. The van der Waals surface area contributed by atoms with E-state index >= 15 is 0 Å². The summed E-state index contributed by atoms with van der Waals surface area (Å²) in [6, 6.07) is 20.8. The molecule has 5 N–H and O–H groups in total. The van der Waals surface area contributed by atoms with Gasteiger partial charge in [-0.1, -0.05) is 48.5 Å². The fourth-order valence-electron chi connectivity index (χ4n) is 6.66. The summed E-state index contributed by atoms with van der Waals surface area (Å²) >= 11 is 0. The van der Waals surface area contributed by atoms with Crippen molar-refractivity contribution in [3.05, 3.63) is 83.7 Å². The van der Waals surface area contributed by atoms with Gasteiger partial charge in [-0.2, -0.15) is 0 Å². The van der Waals surface area contributed by atoms with Crippen LogP contribution in [-0.2, 0) is 16.9 Å². The first-order valence-electron chi connectivity index (χ1n) is 15.1. The van der Waals surface area contributed by atoms with Crippen LogP contribution >= 0.6 is 0 Å². The summed E-state index contributed by atoms with van der Waals surface area (Å²) in [6.07, 6.45) is 8.49. The smallest absolute Gasteiger partial charge is 0.0960 e. The number of fused-ring (bicyclic) bond motifs is 3. The standard InChI is InChI=1S/C28H37N5O2.C6H6/c1-17(29)27(32(2)30)19-13-25-26(31-15-19)23-8-7-22(28(34,20-3-4-20)21-5-6-21)14-24(23)33(25)16-18-9-11-35-12-10-18;1-2-4-6-5-3-1/h7-8,13-15,18,20-21,34H,3-6,9-12,16,29-30H2,1-2H3;1-6H/b27-17-;. The fourth-order valence-corrected chi connectivity index (χ4v) is 6.66. The predicted molar refractivity (Wildman–Crippen MR) is 165 cm³/mol. The zero-order valence-corrected chi connectivity index (χ0v) is 24.3. The van der Waals surface area contributed by atoms with Crippen molar-refractivity contribution in [2.45, 2.75) is 57.6 Å². The highest BCUT2D eigenvalue weighted by Gasteiger charge is 2.54. The second kappa shape index (κ2) is 11.5. The summed E-state index contributed by atoms with van der Waals surface area (Å²) in [7, 11) is 1.80. The number of hydrazine groups is 1. The van der Waals surface area contributed by atoms with Crippen LogP contribution in [0.3, 0.4) is 0 Å². The van der Waals surface area contributed by atoms with Gasteiger partial charge < -0.3 is 25.2 Å². The van der Waals surface area contributed by atoms with E-state index in [9.17, 15) is 5.11 Å². The van der Waals surface area contributed by atoms with Gasteiger partial charge in [-0.05, 0) is 80.9 Å². The van der Waals surface area contributed by atoms with Crippen LogP contribution in [0, 0.1) is 17.8 Å². The molecule has 0 unspecified atom stereocenters. The van der Waals surface area contributed by atoms with Crippen LogP contribution in [-0.4, -0.2) is 39.9 Å². The zero-order chi connectivity index (χ0) is 28.6. The second-order valence-electron chi connectivity index (χ2n) is 12.2. The average Bonchev–Trinajstić information content (AvgIpc) is 3.91. The number of hydrogen-bond donors (Lipinski definition) is 3. The molecule has 7 nitrogen and oxygen atoms in total. The number of pyridine rings is 1. The molecule has 0 atom stereocenters. The Balaban J connectivity index is 0.000000449. The summed E-state index contributed by atoms with van der Waals surface area (Å²) in [5.74, 6) is 7.47. The van der Waals surface area contributed by atoms with Crippen molar-refractivity contribution in [2.24, 2.45) is 29.3 Å². The molecule has 1 saturated heterocycles. The van der Waals surface area contributed by atoms with Crippen LogP contribution in [0.2, 0.25) is 0 Å². The molecule has 3 aliphatic rings. The summed E-state index contributed by atoms with van der Waals surface area (Å²) in [6.45, 7) is 4.40. The number of aliphatic hydroxyl groups is 1. The summed E-state index contributed by atoms with van der Waals surface area (Å²) in [5.41, 5.74) is 12.1. The van der Waals surface area contributed by atoms with Crippen LogP contribution in [0.1, 0.15) is 56.6 Å². The zero-order valence-electron chi connectivity index (χ0n) is 24.3. The average molecular weight is 554 g/mol. The maximum Gasteiger partial charge on any atom is 0.0960 e. The van der Waals surface area contributed by atoms with E-state index in [-0.39, 0.29) is 0 Å². The van der Waals surface area contributed by atoms with Gasteiger partial charge >= 0.3 is 0 Å². The highest BCUT2D eigenvalue weighted by Crippen LogP contribution is 2.57. The van der Waals surface area contributed by atoms with Crippen LogP contribution in [0.15, 0.2) is 72.6 Å². The van der Waals surface area contributed by atoms with Gasteiger partial charge in [0.25, 0.3) is 0 Å². The van der Waals surface area contributed by atoms with E-state index in [2.05, 4.69) is 28.8 Å². The molecule has 216 valence electrons. The van der Waals surface area contributed by atoms with Crippen LogP contribution in [0.25, 0.3) is 27.6 Å². The largest absolute Gasteiger partial charge is 0.401 e. The molecule has 4 aromatic rings. The van der Waals surface area contributed by atoms with Crippen molar-refractivity contribution in [2.75, 3.05) is 20.3 Å². The Labute approximate surface area is 242 Å². The number of hydrogen-bond acceptors (Lipinski definition) is 6. The van der Waals surface area contributed by atoms with Gasteiger partial charge in [0, 0.05) is 49.6 Å². The van der Waals surface area contributed by atoms with Crippen molar-refractivity contribution < 1.29 is 9.84 Å². The monoisotopic (exact) mass is 553 g/mol. The number of aromatic nitrogens is 2. The van der Waals surface area contributed by atoms with Crippen LogP contribution in [0.4, 0.5) is 0 Å². The molecule has 0 spiro atoms. The molecule has 2 aromatic heterocycles. The summed E-state index contributed by atoms with van der Waals surface area (Å²) < 4.78 is 8.05. The number of benzene rings is 2. The van der Waals surface area contributed by atoms with E-state index in [1.807, 2.05) is 49.5 Å². The number of nitrogens with two attached hydrogens (primary N) is 2. The van der Waals surface area contributed by atoms with Gasteiger partial charge in [0.05, 0.1) is 27.8 Å². The van der Waals surface area contributed by atoms with E-state index in [4.69, 9.17) is 21.3 Å². The molecular weight excluding hydrogens is 510 g/mol. The Morgan fingerprint density at radius 1 is 0.976 bits per heavy atom. The van der Waals surface area contributed by atoms with Gasteiger partial charge in [0.2, 0.25) is 0 Å². The summed E-state index contributed by atoms with van der Waals surface area (Å²) in [4.78, 5) is 4.92. The SMILES string of the molecule is C/C(N)=C(\c1cnc2c3ccc(C(O)(C4CC4)C4CC4)cc3n(CC3CCOCC3)c2c1)N(C)N.c1ccccc1. The molecule has 2 aromatic carbocycles. The van der Waals surface area contributed by atoms with Crippen LogP contribution in [0.5, 0.6) is 0 Å². The van der Waals surface area contributed by atoms with Gasteiger partial charge in [-0.3, -0.25) is 4.98 Å². The first-order valence-corrected chi connectivity index (χ1v) is 15.1.